The fraction of sp³-hybridized carbons (Fsp3) is 0.375. The topological polar surface area (TPSA) is 61.6 Å². The number of ether oxygens (including phenoxy) is 2. The van der Waals surface area contributed by atoms with Gasteiger partial charge in [0.2, 0.25) is 0 Å². The van der Waals surface area contributed by atoms with Gasteiger partial charge in [0.15, 0.2) is 0 Å². The molecular weight excluding hydrogens is 270 g/mol. The molecule has 0 N–H and O–H groups in total. The van der Waals surface area contributed by atoms with Crippen LogP contribution in [-0.2, 0) is 22.6 Å². The monoisotopic (exact) mass is 289 g/mol. The highest BCUT2D eigenvalue weighted by atomic mass is 16.5. The maximum Gasteiger partial charge on any atom is 0.310 e. The molecule has 1 aromatic carbocycles. The molecule has 21 heavy (non-hydrogen) atoms. The molecule has 5 heteroatoms. The van der Waals surface area contributed by atoms with Crippen LogP contribution in [0.15, 0.2) is 34.9 Å². The number of hydrogen-bond donors (Lipinski definition) is 0. The highest BCUT2D eigenvalue weighted by Gasteiger charge is 2.08. The number of nitrogens with zero attached hydrogens (tertiary/aromatic N) is 1. The molecule has 0 aliphatic carbocycles. The molecule has 0 aliphatic heterocycles. The predicted molar refractivity (Wildman–Crippen MR) is 76.9 cm³/mol. The number of aromatic nitrogens is 1. The summed E-state index contributed by atoms with van der Waals surface area (Å²) in [5.41, 5.74) is 1.47. The van der Waals surface area contributed by atoms with Gasteiger partial charge in [0, 0.05) is 6.07 Å². The van der Waals surface area contributed by atoms with E-state index < -0.39 is 0 Å². The average molecular weight is 289 g/mol. The lowest BCUT2D eigenvalue weighted by molar-refractivity contribution is -0.144. The molecule has 0 bridgehead atoms. The van der Waals surface area contributed by atoms with Crippen molar-refractivity contribution in [1.82, 2.24) is 5.16 Å². The van der Waals surface area contributed by atoms with Crippen LogP contribution < -0.4 is 4.74 Å². The number of aryl methyl sites for hydroxylation is 1. The number of benzene rings is 1. The highest BCUT2D eigenvalue weighted by Crippen LogP contribution is 2.16. The van der Waals surface area contributed by atoms with Crippen LogP contribution in [0.3, 0.4) is 0 Å². The van der Waals surface area contributed by atoms with E-state index in [0.29, 0.717) is 11.5 Å². The van der Waals surface area contributed by atoms with E-state index in [1.54, 1.807) is 13.0 Å². The van der Waals surface area contributed by atoms with Crippen LogP contribution in [0.25, 0.3) is 0 Å². The molecule has 0 fully saturated rings. The van der Waals surface area contributed by atoms with E-state index in [-0.39, 0.29) is 25.1 Å². The van der Waals surface area contributed by atoms with E-state index in [9.17, 15) is 4.79 Å². The van der Waals surface area contributed by atoms with Gasteiger partial charge in [-0.1, -0.05) is 17.3 Å². The Balaban J connectivity index is 1.87. The number of esters is 1. The van der Waals surface area contributed by atoms with Gasteiger partial charge in [-0.15, -0.1) is 0 Å². The standard InChI is InChI=1S/C16H19NO4/c1-11(2)20-15-6-4-5-13(8-15)9-16(18)19-10-14-7-12(3)21-17-14/h4-8,11H,9-10H2,1-3H3. The summed E-state index contributed by atoms with van der Waals surface area (Å²) in [6.45, 7) is 5.83. The number of carbonyl (C=O) groups is 1. The summed E-state index contributed by atoms with van der Waals surface area (Å²) in [4.78, 5) is 11.8. The lowest BCUT2D eigenvalue weighted by Crippen LogP contribution is -2.09. The first kappa shape index (κ1) is 15.1. The molecule has 0 radical (unpaired) electrons. The van der Waals surface area contributed by atoms with Gasteiger partial charge >= 0.3 is 5.97 Å². The zero-order valence-corrected chi connectivity index (χ0v) is 12.5. The predicted octanol–water partition coefficient (Wildman–Crippen LogP) is 3.06. The molecule has 0 saturated heterocycles. The minimum Gasteiger partial charge on any atom is -0.491 e. The molecule has 112 valence electrons. The molecule has 0 spiro atoms. The van der Waals surface area contributed by atoms with E-state index >= 15 is 0 Å². The summed E-state index contributed by atoms with van der Waals surface area (Å²) >= 11 is 0. The minimum absolute atomic E-state index is 0.0996. The van der Waals surface area contributed by atoms with Crippen molar-refractivity contribution in [3.05, 3.63) is 47.3 Å². The van der Waals surface area contributed by atoms with E-state index in [2.05, 4.69) is 5.16 Å². The molecule has 2 aromatic rings. The van der Waals surface area contributed by atoms with Gasteiger partial charge in [0.25, 0.3) is 0 Å². The minimum atomic E-state index is -0.308. The van der Waals surface area contributed by atoms with Crippen LogP contribution in [0, 0.1) is 6.92 Å². The second-order valence-corrected chi connectivity index (χ2v) is 5.08. The van der Waals surface area contributed by atoms with E-state index in [1.165, 1.54) is 0 Å². The van der Waals surface area contributed by atoms with Crippen LogP contribution in [0.2, 0.25) is 0 Å². The molecule has 0 amide bonds. The molecule has 0 unspecified atom stereocenters. The van der Waals surface area contributed by atoms with Crippen LogP contribution in [-0.4, -0.2) is 17.2 Å². The SMILES string of the molecule is Cc1cc(COC(=O)Cc2cccc(OC(C)C)c2)no1. The molecule has 5 nitrogen and oxygen atoms in total. The Bertz CT molecular complexity index is 604. The first-order chi connectivity index (χ1) is 10.0. The third-order valence-corrected chi connectivity index (χ3v) is 2.68. The average Bonchev–Trinajstić information content (AvgIpc) is 2.82. The number of carbonyl (C=O) groups excluding carboxylic acids is 1. The molecular formula is C16H19NO4. The fourth-order valence-corrected chi connectivity index (χ4v) is 1.86. The lowest BCUT2D eigenvalue weighted by atomic mass is 10.1. The second kappa shape index (κ2) is 6.92. The van der Waals surface area contributed by atoms with E-state index in [0.717, 1.165) is 11.3 Å². The Labute approximate surface area is 123 Å². The lowest BCUT2D eigenvalue weighted by Gasteiger charge is -2.10. The maximum absolute atomic E-state index is 11.8. The normalized spacial score (nSPS) is 10.7. The van der Waals surface area contributed by atoms with Gasteiger partial charge in [0.05, 0.1) is 12.5 Å². The largest absolute Gasteiger partial charge is 0.491 e. The number of hydrogen-bond acceptors (Lipinski definition) is 5. The van der Waals surface area contributed by atoms with Gasteiger partial charge in [-0.25, -0.2) is 0 Å². The summed E-state index contributed by atoms with van der Waals surface area (Å²) < 4.78 is 15.7. The van der Waals surface area contributed by atoms with E-state index in [1.807, 2.05) is 38.1 Å². The number of rotatable bonds is 6. The smallest absolute Gasteiger partial charge is 0.310 e. The summed E-state index contributed by atoms with van der Waals surface area (Å²) in [7, 11) is 0. The zero-order chi connectivity index (χ0) is 15.2. The maximum atomic E-state index is 11.8. The van der Waals surface area contributed by atoms with E-state index in [4.69, 9.17) is 14.0 Å². The molecule has 1 aromatic heterocycles. The molecule has 0 aliphatic rings. The van der Waals surface area contributed by atoms with Crippen molar-refractivity contribution < 1.29 is 18.8 Å². The van der Waals surface area contributed by atoms with Gasteiger partial charge in [0.1, 0.15) is 23.8 Å². The van der Waals surface area contributed by atoms with Crippen molar-refractivity contribution in [2.45, 2.75) is 39.9 Å². The Kier molecular flexibility index (Phi) is 4.98. The third kappa shape index (κ3) is 4.95. The van der Waals surface area contributed by atoms with Crippen molar-refractivity contribution in [3.8, 4) is 5.75 Å². The van der Waals surface area contributed by atoms with Crippen LogP contribution in [0.1, 0.15) is 30.9 Å². The second-order valence-electron chi connectivity index (χ2n) is 5.08. The van der Waals surface area contributed by atoms with Gasteiger partial charge in [-0.2, -0.15) is 0 Å². The van der Waals surface area contributed by atoms with Crippen LogP contribution in [0.4, 0.5) is 0 Å². The Morgan fingerprint density at radius 3 is 2.81 bits per heavy atom. The summed E-state index contributed by atoms with van der Waals surface area (Å²) in [5, 5.41) is 3.77. The van der Waals surface area contributed by atoms with Crippen molar-refractivity contribution in [3.63, 3.8) is 0 Å². The Morgan fingerprint density at radius 1 is 1.33 bits per heavy atom. The van der Waals surface area contributed by atoms with Crippen molar-refractivity contribution in [2.75, 3.05) is 0 Å². The Morgan fingerprint density at radius 2 is 2.14 bits per heavy atom. The van der Waals surface area contributed by atoms with Gasteiger partial charge in [-0.3, -0.25) is 4.79 Å². The van der Waals surface area contributed by atoms with Crippen LogP contribution in [0.5, 0.6) is 5.75 Å². The first-order valence-electron chi connectivity index (χ1n) is 6.86. The van der Waals surface area contributed by atoms with Crippen molar-refractivity contribution >= 4 is 5.97 Å². The third-order valence-electron chi connectivity index (χ3n) is 2.68. The molecule has 0 saturated carbocycles. The first-order valence-corrected chi connectivity index (χ1v) is 6.86. The summed E-state index contributed by atoms with van der Waals surface area (Å²) in [6.07, 6.45) is 0.300. The van der Waals surface area contributed by atoms with Gasteiger partial charge in [-0.05, 0) is 38.5 Å². The summed E-state index contributed by atoms with van der Waals surface area (Å²) in [5.74, 6) is 1.14. The Hall–Kier alpha value is -2.30. The zero-order valence-electron chi connectivity index (χ0n) is 12.5. The fourth-order valence-electron chi connectivity index (χ4n) is 1.86. The van der Waals surface area contributed by atoms with Crippen LogP contribution >= 0.6 is 0 Å². The van der Waals surface area contributed by atoms with Crippen molar-refractivity contribution in [1.29, 1.82) is 0 Å². The van der Waals surface area contributed by atoms with Gasteiger partial charge < -0.3 is 14.0 Å². The highest BCUT2D eigenvalue weighted by molar-refractivity contribution is 5.72. The molecule has 1 heterocycles. The molecule has 0 atom stereocenters. The molecule has 2 rings (SSSR count). The summed E-state index contributed by atoms with van der Waals surface area (Å²) in [6, 6.07) is 9.19. The van der Waals surface area contributed by atoms with Crippen molar-refractivity contribution in [2.24, 2.45) is 0 Å². The quantitative estimate of drug-likeness (QED) is 0.765.